The van der Waals surface area contributed by atoms with Crippen LogP contribution in [0.3, 0.4) is 0 Å². The van der Waals surface area contributed by atoms with Crippen molar-refractivity contribution >= 4 is 0 Å². The van der Waals surface area contributed by atoms with E-state index in [0.717, 1.165) is 17.3 Å². The third-order valence-electron chi connectivity index (χ3n) is 4.85. The molecule has 0 N–H and O–H groups in total. The predicted molar refractivity (Wildman–Crippen MR) is 48.8 cm³/mol. The van der Waals surface area contributed by atoms with Gasteiger partial charge in [0.25, 0.3) is 0 Å². The molecule has 2 bridgehead atoms. The smallest absolute Gasteiger partial charge is 0.0198 e. The van der Waals surface area contributed by atoms with E-state index in [-0.39, 0.29) is 0 Å². The van der Waals surface area contributed by atoms with E-state index in [2.05, 4.69) is 0 Å². The van der Waals surface area contributed by atoms with Gasteiger partial charge in [-0.15, -0.1) is 0 Å². The summed E-state index contributed by atoms with van der Waals surface area (Å²) in [5, 5.41) is 0. The van der Waals surface area contributed by atoms with Gasteiger partial charge in [-0.2, -0.15) is 0 Å². The second-order valence-corrected chi connectivity index (χ2v) is 5.33. The first kappa shape index (κ1) is 6.23. The number of allylic oxidation sites excluding steroid dienone is 2. The van der Waals surface area contributed by atoms with Crippen LogP contribution in [-0.4, -0.2) is 0 Å². The maximum atomic E-state index is 1.96. The van der Waals surface area contributed by atoms with Gasteiger partial charge in [0, 0.05) is 5.41 Å². The lowest BCUT2D eigenvalue weighted by atomic mass is 9.97. The summed E-state index contributed by atoms with van der Waals surface area (Å²) in [6, 6.07) is 0. The van der Waals surface area contributed by atoms with Gasteiger partial charge in [0.15, 0.2) is 0 Å². The van der Waals surface area contributed by atoms with Crippen LogP contribution in [0.15, 0.2) is 11.1 Å². The molecule has 0 saturated heterocycles. The SMILES string of the molecule is C1CCC2CC3=C4C(CC1)C34C2. The van der Waals surface area contributed by atoms with Crippen LogP contribution in [0.5, 0.6) is 0 Å². The minimum Gasteiger partial charge on any atom is -0.0586 e. The summed E-state index contributed by atoms with van der Waals surface area (Å²) in [5.41, 5.74) is 4.75. The third kappa shape index (κ3) is 0.496. The van der Waals surface area contributed by atoms with E-state index in [0.29, 0.717) is 0 Å². The quantitative estimate of drug-likeness (QED) is 0.477. The summed E-state index contributed by atoms with van der Waals surface area (Å²) in [7, 11) is 0. The molecule has 4 aliphatic rings. The van der Waals surface area contributed by atoms with Gasteiger partial charge in [0.05, 0.1) is 0 Å². The highest BCUT2D eigenvalue weighted by atomic mass is 14.8. The fourth-order valence-electron chi connectivity index (χ4n) is 4.24. The third-order valence-corrected chi connectivity index (χ3v) is 4.85. The molecule has 0 amide bonds. The zero-order valence-corrected chi connectivity index (χ0v) is 7.60. The summed E-state index contributed by atoms with van der Waals surface area (Å²) in [5.74, 6) is 2.24. The van der Waals surface area contributed by atoms with E-state index >= 15 is 0 Å². The van der Waals surface area contributed by atoms with E-state index < -0.39 is 0 Å². The molecule has 0 aromatic carbocycles. The minimum absolute atomic E-state index is 0.842. The standard InChI is InChI=1S/C12H16/c1-2-4-8-6-10-11-9(5-3-1)12(10,11)7-8/h8-9H,1-7H2. The van der Waals surface area contributed by atoms with Crippen LogP contribution in [0.4, 0.5) is 0 Å². The zero-order valence-electron chi connectivity index (χ0n) is 7.60. The number of rotatable bonds is 0. The molecule has 0 aromatic heterocycles. The van der Waals surface area contributed by atoms with Crippen molar-refractivity contribution in [1.29, 1.82) is 0 Å². The van der Waals surface area contributed by atoms with Crippen molar-refractivity contribution in [3.8, 4) is 0 Å². The molecular formula is C12H16. The van der Waals surface area contributed by atoms with E-state index in [9.17, 15) is 0 Å². The average molecular weight is 160 g/mol. The molecule has 1 spiro atoms. The minimum atomic E-state index is 0.842. The molecule has 3 atom stereocenters. The van der Waals surface area contributed by atoms with Gasteiger partial charge in [-0.05, 0) is 31.1 Å². The Morgan fingerprint density at radius 3 is 3.00 bits per heavy atom. The molecule has 0 heterocycles. The highest BCUT2D eigenvalue weighted by Crippen LogP contribution is 2.87. The maximum absolute atomic E-state index is 1.96. The maximum Gasteiger partial charge on any atom is 0.0198 e. The molecule has 0 radical (unpaired) electrons. The molecule has 0 aliphatic heterocycles. The Morgan fingerprint density at radius 1 is 1.08 bits per heavy atom. The number of hydrogen-bond acceptors (Lipinski definition) is 0. The zero-order chi connectivity index (χ0) is 7.76. The van der Waals surface area contributed by atoms with Gasteiger partial charge in [-0.3, -0.25) is 0 Å². The van der Waals surface area contributed by atoms with Crippen LogP contribution < -0.4 is 0 Å². The molecule has 3 unspecified atom stereocenters. The summed E-state index contributed by atoms with van der Waals surface area (Å²) >= 11 is 0. The number of fused-ring (bicyclic) bond motifs is 2. The summed E-state index contributed by atoms with van der Waals surface area (Å²) in [6.45, 7) is 0. The van der Waals surface area contributed by atoms with Gasteiger partial charge in [-0.25, -0.2) is 0 Å². The Bertz CT molecular complexity index is 278. The van der Waals surface area contributed by atoms with Crippen LogP contribution in [-0.2, 0) is 0 Å². The normalized spacial score (nSPS) is 54.0. The molecule has 0 heteroatoms. The fourth-order valence-corrected chi connectivity index (χ4v) is 4.24. The van der Waals surface area contributed by atoms with Crippen LogP contribution in [0.2, 0.25) is 0 Å². The monoisotopic (exact) mass is 160 g/mol. The predicted octanol–water partition coefficient (Wildman–Crippen LogP) is 3.29. The van der Waals surface area contributed by atoms with Crippen molar-refractivity contribution in [1.82, 2.24) is 0 Å². The largest absolute Gasteiger partial charge is 0.0586 e. The Balaban J connectivity index is 1.68. The van der Waals surface area contributed by atoms with E-state index in [1.165, 1.54) is 25.7 Å². The lowest BCUT2D eigenvalue weighted by Crippen LogP contribution is -1.96. The molecule has 12 heavy (non-hydrogen) atoms. The first-order valence-corrected chi connectivity index (χ1v) is 5.67. The highest BCUT2D eigenvalue weighted by molar-refractivity contribution is 5.70. The Morgan fingerprint density at radius 2 is 2.00 bits per heavy atom. The molecule has 0 nitrogen and oxygen atoms in total. The lowest BCUT2D eigenvalue weighted by Gasteiger charge is -2.08. The van der Waals surface area contributed by atoms with Crippen LogP contribution in [0, 0.1) is 17.3 Å². The highest BCUT2D eigenvalue weighted by Gasteiger charge is 2.77. The lowest BCUT2D eigenvalue weighted by molar-refractivity contribution is 0.449. The summed E-state index contributed by atoms with van der Waals surface area (Å²) in [6.07, 6.45) is 10.8. The second-order valence-electron chi connectivity index (χ2n) is 5.33. The van der Waals surface area contributed by atoms with Crippen LogP contribution in [0.1, 0.15) is 44.9 Å². The number of hydrogen-bond donors (Lipinski definition) is 0. The van der Waals surface area contributed by atoms with E-state index in [4.69, 9.17) is 0 Å². The molecule has 3 fully saturated rings. The molecule has 4 aliphatic carbocycles. The van der Waals surface area contributed by atoms with Crippen molar-refractivity contribution in [2.24, 2.45) is 17.3 Å². The van der Waals surface area contributed by atoms with Crippen molar-refractivity contribution in [3.05, 3.63) is 11.1 Å². The van der Waals surface area contributed by atoms with E-state index in [1.54, 1.807) is 19.3 Å². The van der Waals surface area contributed by atoms with Crippen molar-refractivity contribution in [2.45, 2.75) is 44.9 Å². The van der Waals surface area contributed by atoms with Gasteiger partial charge < -0.3 is 0 Å². The van der Waals surface area contributed by atoms with Crippen molar-refractivity contribution < 1.29 is 0 Å². The topological polar surface area (TPSA) is 0 Å². The fraction of sp³-hybridized carbons (Fsp3) is 0.833. The Kier molecular flexibility index (Phi) is 0.865. The van der Waals surface area contributed by atoms with Gasteiger partial charge >= 0.3 is 0 Å². The first-order chi connectivity index (χ1) is 5.93. The molecule has 4 rings (SSSR count). The average Bonchev–Trinajstić information content (AvgIpc) is 2.87. The first-order valence-electron chi connectivity index (χ1n) is 5.67. The second kappa shape index (κ2) is 1.66. The summed E-state index contributed by atoms with van der Waals surface area (Å²) < 4.78 is 0. The van der Waals surface area contributed by atoms with E-state index in [1.807, 2.05) is 11.1 Å². The Labute approximate surface area is 74.0 Å². The van der Waals surface area contributed by atoms with Gasteiger partial charge in [0.2, 0.25) is 0 Å². The van der Waals surface area contributed by atoms with Crippen molar-refractivity contribution in [2.75, 3.05) is 0 Å². The molecule has 0 aromatic rings. The molecule has 3 saturated carbocycles. The Hall–Kier alpha value is -0.260. The van der Waals surface area contributed by atoms with Crippen LogP contribution >= 0.6 is 0 Å². The molecule has 64 valence electrons. The van der Waals surface area contributed by atoms with Gasteiger partial charge in [-0.1, -0.05) is 36.8 Å². The van der Waals surface area contributed by atoms with Gasteiger partial charge in [0.1, 0.15) is 0 Å². The van der Waals surface area contributed by atoms with Crippen LogP contribution in [0.25, 0.3) is 0 Å². The van der Waals surface area contributed by atoms with Crippen molar-refractivity contribution in [3.63, 3.8) is 0 Å². The summed E-state index contributed by atoms with van der Waals surface area (Å²) in [4.78, 5) is 0. The molecular weight excluding hydrogens is 144 g/mol.